The first-order valence-electron chi connectivity index (χ1n) is 8.53. The Morgan fingerprint density at radius 2 is 1.65 bits per heavy atom. The minimum absolute atomic E-state index is 0.0128. The highest BCUT2D eigenvalue weighted by Crippen LogP contribution is 2.43. The van der Waals surface area contributed by atoms with Gasteiger partial charge in [0.05, 0.1) is 5.41 Å². The first-order valence-corrected chi connectivity index (χ1v) is 8.53. The summed E-state index contributed by atoms with van der Waals surface area (Å²) >= 11 is 0. The normalized spacial score (nSPS) is 20.8. The molecule has 0 N–H and O–H groups in total. The van der Waals surface area contributed by atoms with Crippen molar-refractivity contribution in [1.82, 2.24) is 0 Å². The largest absolute Gasteiger partial charge is 0.458 e. The number of hydrogen-bond acceptors (Lipinski definition) is 2. The fourth-order valence-electron chi connectivity index (χ4n) is 3.49. The Bertz CT molecular complexity index is 313. The van der Waals surface area contributed by atoms with E-state index in [1.165, 1.54) is 32.1 Å². The molecule has 0 aromatic carbocycles. The van der Waals surface area contributed by atoms with Crippen LogP contribution in [0.25, 0.3) is 0 Å². The number of carbonyl (C=O) groups is 1. The molecule has 0 aliphatic heterocycles. The number of hydrogen-bond donors (Lipinski definition) is 0. The molecule has 1 aliphatic rings. The summed E-state index contributed by atoms with van der Waals surface area (Å²) in [6.45, 7) is 12.7. The lowest BCUT2D eigenvalue weighted by molar-refractivity contribution is -0.187. The summed E-state index contributed by atoms with van der Waals surface area (Å²) in [6, 6.07) is 0. The van der Waals surface area contributed by atoms with E-state index < -0.39 is 0 Å². The Morgan fingerprint density at radius 1 is 1.10 bits per heavy atom. The first kappa shape index (κ1) is 17.5. The average Bonchev–Trinajstić information content (AvgIpc) is 2.45. The minimum atomic E-state index is -0.371. The van der Waals surface area contributed by atoms with Crippen molar-refractivity contribution < 1.29 is 9.53 Å². The number of ether oxygens (including phenoxy) is 1. The lowest BCUT2D eigenvalue weighted by atomic mass is 9.69. The molecule has 1 saturated carbocycles. The molecular weight excluding hydrogens is 248 g/mol. The molecule has 0 bridgehead atoms. The average molecular weight is 282 g/mol. The van der Waals surface area contributed by atoms with Gasteiger partial charge >= 0.3 is 5.97 Å². The van der Waals surface area contributed by atoms with Crippen molar-refractivity contribution in [2.75, 3.05) is 0 Å². The fourth-order valence-corrected chi connectivity index (χ4v) is 3.49. The molecule has 1 rings (SSSR count). The van der Waals surface area contributed by atoms with Crippen LogP contribution in [0.1, 0.15) is 86.5 Å². The second-order valence-electron chi connectivity index (χ2n) is 7.43. The maximum Gasteiger partial charge on any atom is 0.312 e. The van der Waals surface area contributed by atoms with Gasteiger partial charge in [-0.15, -0.1) is 0 Å². The number of rotatable bonds is 6. The Labute approximate surface area is 125 Å². The van der Waals surface area contributed by atoms with E-state index >= 15 is 0 Å². The molecule has 0 radical (unpaired) electrons. The quantitative estimate of drug-likeness (QED) is 0.614. The van der Waals surface area contributed by atoms with Gasteiger partial charge in [-0.2, -0.15) is 0 Å². The van der Waals surface area contributed by atoms with Gasteiger partial charge in [-0.1, -0.05) is 47.0 Å². The van der Waals surface area contributed by atoms with Crippen LogP contribution < -0.4 is 0 Å². The van der Waals surface area contributed by atoms with Crippen LogP contribution in [-0.2, 0) is 9.53 Å². The molecular formula is C18H34O2. The second kappa shape index (κ2) is 6.95. The third-order valence-corrected chi connectivity index (χ3v) is 5.55. The zero-order chi connectivity index (χ0) is 15.4. The predicted octanol–water partition coefficient (Wildman–Crippen LogP) is 5.35. The molecule has 1 aliphatic carbocycles. The zero-order valence-electron chi connectivity index (χ0n) is 14.4. The summed E-state index contributed by atoms with van der Waals surface area (Å²) in [6.07, 6.45) is 8.09. The number of carbonyl (C=O) groups excluding carboxylic acids is 1. The highest BCUT2D eigenvalue weighted by molar-refractivity contribution is 5.76. The van der Waals surface area contributed by atoms with Gasteiger partial charge in [0.1, 0.15) is 5.60 Å². The maximum atomic E-state index is 12.6. The fraction of sp³-hybridized carbons (Fsp3) is 0.944. The molecule has 1 atom stereocenters. The first-order chi connectivity index (χ1) is 9.30. The third-order valence-electron chi connectivity index (χ3n) is 5.55. The number of esters is 1. The zero-order valence-corrected chi connectivity index (χ0v) is 14.4. The molecule has 118 valence electrons. The Morgan fingerprint density at radius 3 is 2.05 bits per heavy atom. The Balaban J connectivity index is 2.96. The highest BCUT2D eigenvalue weighted by atomic mass is 16.6. The maximum absolute atomic E-state index is 12.6. The van der Waals surface area contributed by atoms with Gasteiger partial charge in [0.2, 0.25) is 0 Å². The highest BCUT2D eigenvalue weighted by Gasteiger charge is 2.45. The van der Waals surface area contributed by atoms with Gasteiger partial charge in [0.15, 0.2) is 0 Å². The van der Waals surface area contributed by atoms with E-state index in [1.807, 2.05) is 13.8 Å². The van der Waals surface area contributed by atoms with E-state index in [4.69, 9.17) is 4.74 Å². The van der Waals surface area contributed by atoms with Crippen LogP contribution >= 0.6 is 0 Å². The smallest absolute Gasteiger partial charge is 0.312 e. The van der Waals surface area contributed by atoms with Crippen molar-refractivity contribution in [2.24, 2.45) is 17.3 Å². The molecule has 0 heterocycles. The molecule has 0 aromatic rings. The molecule has 0 aromatic heterocycles. The molecule has 2 heteroatoms. The third kappa shape index (κ3) is 3.56. The van der Waals surface area contributed by atoms with Crippen molar-refractivity contribution in [3.63, 3.8) is 0 Å². The van der Waals surface area contributed by atoms with Crippen molar-refractivity contribution in [2.45, 2.75) is 92.1 Å². The van der Waals surface area contributed by atoms with Gasteiger partial charge in [-0.3, -0.25) is 4.79 Å². The van der Waals surface area contributed by atoms with E-state index in [2.05, 4.69) is 27.7 Å². The summed E-state index contributed by atoms with van der Waals surface area (Å²) in [5.41, 5.74) is -0.631. The second-order valence-corrected chi connectivity index (χ2v) is 7.43. The minimum Gasteiger partial charge on any atom is -0.458 e. The van der Waals surface area contributed by atoms with Crippen molar-refractivity contribution in [3.05, 3.63) is 0 Å². The van der Waals surface area contributed by atoms with Crippen LogP contribution in [-0.4, -0.2) is 11.6 Å². The van der Waals surface area contributed by atoms with Gasteiger partial charge < -0.3 is 4.74 Å². The topological polar surface area (TPSA) is 26.3 Å². The summed E-state index contributed by atoms with van der Waals surface area (Å²) in [5, 5.41) is 0. The van der Waals surface area contributed by atoms with E-state index in [9.17, 15) is 4.79 Å². The summed E-state index contributed by atoms with van der Waals surface area (Å²) in [5.74, 6) is 0.909. The lowest BCUT2D eigenvalue weighted by Gasteiger charge is -2.46. The molecule has 0 amide bonds. The summed E-state index contributed by atoms with van der Waals surface area (Å²) in [7, 11) is 0. The van der Waals surface area contributed by atoms with Crippen molar-refractivity contribution >= 4 is 5.97 Å². The molecule has 1 fully saturated rings. The molecule has 0 spiro atoms. The van der Waals surface area contributed by atoms with Crippen LogP contribution in [0.15, 0.2) is 0 Å². The predicted molar refractivity (Wildman–Crippen MR) is 84.6 cm³/mol. The van der Waals surface area contributed by atoms with E-state index in [1.54, 1.807) is 0 Å². The van der Waals surface area contributed by atoms with E-state index in [0.717, 1.165) is 12.8 Å². The standard InChI is InChI=1S/C18H34O2/c1-7-17(5,6)16(19)20-18(8-2,14(3)4)15-12-10-9-11-13-15/h14-15H,7-13H2,1-6H3. The van der Waals surface area contributed by atoms with Gasteiger partial charge in [0, 0.05) is 0 Å². The van der Waals surface area contributed by atoms with Crippen molar-refractivity contribution in [1.29, 1.82) is 0 Å². The van der Waals surface area contributed by atoms with Gasteiger partial charge in [0.25, 0.3) is 0 Å². The van der Waals surface area contributed by atoms with Crippen LogP contribution in [0.5, 0.6) is 0 Å². The van der Waals surface area contributed by atoms with Crippen LogP contribution in [0.4, 0.5) is 0 Å². The lowest BCUT2D eigenvalue weighted by Crippen LogP contribution is -2.49. The Hall–Kier alpha value is -0.530. The van der Waals surface area contributed by atoms with Crippen LogP contribution in [0.2, 0.25) is 0 Å². The van der Waals surface area contributed by atoms with Crippen molar-refractivity contribution in [3.8, 4) is 0 Å². The van der Waals surface area contributed by atoms with Crippen LogP contribution in [0.3, 0.4) is 0 Å². The summed E-state index contributed by atoms with van der Waals surface area (Å²) < 4.78 is 6.20. The molecule has 20 heavy (non-hydrogen) atoms. The van der Waals surface area contributed by atoms with Crippen LogP contribution in [0, 0.1) is 17.3 Å². The summed E-state index contributed by atoms with van der Waals surface area (Å²) in [4.78, 5) is 12.6. The molecule has 1 unspecified atom stereocenters. The van der Waals surface area contributed by atoms with E-state index in [0.29, 0.717) is 11.8 Å². The van der Waals surface area contributed by atoms with Gasteiger partial charge in [-0.05, 0) is 51.4 Å². The molecule has 0 saturated heterocycles. The van der Waals surface area contributed by atoms with E-state index in [-0.39, 0.29) is 17.0 Å². The Kier molecular flexibility index (Phi) is 6.09. The SMILES string of the molecule is CCC(C)(C)C(=O)OC(CC)(C(C)C)C1CCCCC1. The van der Waals surface area contributed by atoms with Gasteiger partial charge in [-0.25, -0.2) is 0 Å². The molecule has 2 nitrogen and oxygen atoms in total. The monoisotopic (exact) mass is 282 g/mol.